The number of aromatic nitrogens is 4. The van der Waals surface area contributed by atoms with Gasteiger partial charge in [0.25, 0.3) is 0 Å². The lowest BCUT2D eigenvalue weighted by Crippen LogP contribution is -2.19. The molecule has 0 atom stereocenters. The highest BCUT2D eigenvalue weighted by Gasteiger charge is 2.19. The Balaban J connectivity index is 0.000000218. The smallest absolute Gasteiger partial charge is 0.244 e. The molecule has 254 valence electrons. The number of carbonyl (C=O) groups is 1. The lowest BCUT2D eigenvalue weighted by Gasteiger charge is -2.15. The fourth-order valence-corrected chi connectivity index (χ4v) is 6.00. The molecule has 0 bridgehead atoms. The zero-order chi connectivity index (χ0) is 36.6. The largest absolute Gasteiger partial charge is 0.385 e. The van der Waals surface area contributed by atoms with Crippen LogP contribution >= 0.6 is 58.2 Å². The van der Waals surface area contributed by atoms with Gasteiger partial charge < -0.3 is 20.5 Å². The quantitative estimate of drug-likeness (QED) is 0.137. The van der Waals surface area contributed by atoms with Gasteiger partial charge in [-0.25, -0.2) is 4.98 Å². The van der Waals surface area contributed by atoms with E-state index in [1.54, 1.807) is 46.9 Å². The Morgan fingerprint density at radius 3 is 1.88 bits per heavy atom. The molecule has 11 nitrogen and oxygen atoms in total. The monoisotopic (exact) mass is 756 g/mol. The summed E-state index contributed by atoms with van der Waals surface area (Å²) < 4.78 is 1.73. The van der Waals surface area contributed by atoms with Crippen LogP contribution < -0.4 is 10.6 Å². The molecule has 0 unspecified atom stereocenters. The summed E-state index contributed by atoms with van der Waals surface area (Å²) in [5, 5.41) is 21.1. The second-order valence-electron chi connectivity index (χ2n) is 10.6. The number of aliphatic imine (C=N–C) groups is 1. The van der Waals surface area contributed by atoms with E-state index in [-0.39, 0.29) is 5.91 Å². The van der Waals surface area contributed by atoms with Crippen LogP contribution in [-0.4, -0.2) is 69.8 Å². The van der Waals surface area contributed by atoms with E-state index in [9.17, 15) is 10.1 Å². The van der Waals surface area contributed by atoms with Crippen molar-refractivity contribution in [2.24, 2.45) is 4.99 Å². The maximum Gasteiger partial charge on any atom is 0.244 e. The van der Waals surface area contributed by atoms with Gasteiger partial charge in [-0.05, 0) is 49.6 Å². The lowest BCUT2D eigenvalue weighted by atomic mass is 10.1. The molecule has 3 aromatic heterocycles. The summed E-state index contributed by atoms with van der Waals surface area (Å²) in [6, 6.07) is 18.0. The summed E-state index contributed by atoms with van der Waals surface area (Å²) in [6.45, 7) is 3.26. The Labute approximate surface area is 308 Å². The Bertz CT molecular complexity index is 2110. The van der Waals surface area contributed by atoms with Crippen molar-refractivity contribution in [2.45, 2.75) is 13.8 Å². The topological polar surface area (TPSA) is 155 Å². The van der Waals surface area contributed by atoms with E-state index in [2.05, 4.69) is 26.0 Å². The number of nitrogen functional groups attached to an aromatic ring is 1. The highest BCUT2D eigenvalue weighted by Crippen LogP contribution is 2.36. The number of nitrogens with two attached hydrogens (primary N) is 1. The van der Waals surface area contributed by atoms with Crippen molar-refractivity contribution in [2.75, 3.05) is 45.1 Å². The molecule has 49 heavy (non-hydrogen) atoms. The van der Waals surface area contributed by atoms with Gasteiger partial charge in [0.05, 0.1) is 10.0 Å². The van der Waals surface area contributed by atoms with Gasteiger partial charge in [0, 0.05) is 67.4 Å². The number of aryl methyl sites for hydroxylation is 1. The van der Waals surface area contributed by atoms with Crippen LogP contribution in [0.5, 0.6) is 0 Å². The van der Waals surface area contributed by atoms with E-state index in [1.165, 1.54) is 18.7 Å². The number of nitriles is 2. The van der Waals surface area contributed by atoms with E-state index in [1.807, 2.05) is 63.3 Å². The van der Waals surface area contributed by atoms with Crippen LogP contribution in [0.2, 0.25) is 20.1 Å². The minimum absolute atomic E-state index is 0.155. The Morgan fingerprint density at radius 1 is 0.898 bits per heavy atom. The average molecular weight is 759 g/mol. The molecule has 0 spiro atoms. The van der Waals surface area contributed by atoms with Crippen LogP contribution in [0.25, 0.3) is 27.9 Å². The van der Waals surface area contributed by atoms with Crippen molar-refractivity contribution in [3.05, 3.63) is 85.8 Å². The SMILES string of the molecule is CSC(=NC(C)=O)N(C)C.Cc1nc(N(C)C)n2c(C#N)cc(-c3ccc(Cl)cc3Cl)c2n1.N#Cc1cc(-c2ccc(Cl)cc2Cl)c(N)[nH]1. The predicted molar refractivity (Wildman–Crippen MR) is 203 cm³/mol. The molecule has 1 amide bonds. The van der Waals surface area contributed by atoms with Crippen LogP contribution in [-0.2, 0) is 4.79 Å². The van der Waals surface area contributed by atoms with Crippen molar-refractivity contribution in [3.63, 3.8) is 0 Å². The molecule has 3 heterocycles. The molecule has 0 aliphatic heterocycles. The molecule has 5 aromatic rings. The molecule has 0 fully saturated rings. The van der Waals surface area contributed by atoms with Crippen molar-refractivity contribution in [1.29, 1.82) is 10.5 Å². The number of aromatic amines is 1. The number of amides is 1. The van der Waals surface area contributed by atoms with E-state index in [0.717, 1.165) is 21.9 Å². The summed E-state index contributed by atoms with van der Waals surface area (Å²) in [5.74, 6) is 1.52. The molecule has 5 rings (SSSR count). The minimum atomic E-state index is -0.155. The molecule has 3 N–H and O–H groups in total. The summed E-state index contributed by atoms with van der Waals surface area (Å²) >= 11 is 25.6. The fourth-order valence-electron chi connectivity index (χ4n) is 4.40. The maximum absolute atomic E-state index is 10.5. The van der Waals surface area contributed by atoms with Crippen molar-refractivity contribution >= 4 is 86.7 Å². The Hall–Kier alpha value is -4.43. The van der Waals surface area contributed by atoms with Crippen LogP contribution in [0.15, 0.2) is 53.5 Å². The van der Waals surface area contributed by atoms with Gasteiger partial charge in [-0.2, -0.15) is 20.5 Å². The Kier molecular flexibility index (Phi) is 13.8. The number of anilines is 2. The molecular formula is C33H32Cl4N10OS. The van der Waals surface area contributed by atoms with Crippen LogP contribution in [0.3, 0.4) is 0 Å². The zero-order valence-corrected chi connectivity index (χ0v) is 31.4. The third kappa shape index (κ3) is 9.82. The highest BCUT2D eigenvalue weighted by atomic mass is 35.5. The first-order valence-electron chi connectivity index (χ1n) is 14.2. The number of hydrogen-bond donors (Lipinski definition) is 2. The van der Waals surface area contributed by atoms with Gasteiger partial charge >= 0.3 is 0 Å². The number of hydrogen-bond acceptors (Lipinski definition) is 8. The average Bonchev–Trinajstić information content (AvgIpc) is 3.59. The summed E-state index contributed by atoms with van der Waals surface area (Å²) in [4.78, 5) is 29.6. The number of benzene rings is 2. The molecule has 16 heteroatoms. The molecular weight excluding hydrogens is 726 g/mol. The number of amidine groups is 1. The lowest BCUT2D eigenvalue weighted by molar-refractivity contribution is -0.115. The first-order chi connectivity index (χ1) is 23.1. The van der Waals surface area contributed by atoms with E-state index >= 15 is 0 Å². The number of nitrogens with one attached hydrogen (secondary N) is 1. The number of carbonyl (C=O) groups excluding carboxylic acids is 1. The molecule has 0 aliphatic rings. The normalized spacial score (nSPS) is 10.7. The highest BCUT2D eigenvalue weighted by molar-refractivity contribution is 8.13. The molecule has 0 radical (unpaired) electrons. The predicted octanol–water partition coefficient (Wildman–Crippen LogP) is 8.21. The second kappa shape index (κ2) is 17.3. The third-order valence-corrected chi connectivity index (χ3v) is 8.37. The van der Waals surface area contributed by atoms with E-state index in [0.29, 0.717) is 60.3 Å². The number of thioether (sulfide) groups is 1. The Morgan fingerprint density at radius 2 is 1.47 bits per heavy atom. The summed E-state index contributed by atoms with van der Waals surface area (Å²) in [6.07, 6.45) is 1.89. The fraction of sp³-hybridized carbons (Fsp3) is 0.212. The number of rotatable bonds is 3. The first kappa shape index (κ1) is 39.0. The van der Waals surface area contributed by atoms with Gasteiger partial charge in [-0.3, -0.25) is 9.20 Å². The van der Waals surface area contributed by atoms with E-state index in [4.69, 9.17) is 57.4 Å². The molecule has 0 saturated carbocycles. The minimum Gasteiger partial charge on any atom is -0.385 e. The van der Waals surface area contributed by atoms with E-state index < -0.39 is 0 Å². The number of fused-ring (bicyclic) bond motifs is 1. The van der Waals surface area contributed by atoms with Gasteiger partial charge in [0.1, 0.15) is 35.2 Å². The molecule has 2 aromatic carbocycles. The van der Waals surface area contributed by atoms with Gasteiger partial charge in [0.2, 0.25) is 11.9 Å². The van der Waals surface area contributed by atoms with Gasteiger partial charge in [-0.1, -0.05) is 70.3 Å². The maximum atomic E-state index is 10.5. The van der Waals surface area contributed by atoms with Crippen LogP contribution in [0, 0.1) is 29.6 Å². The summed E-state index contributed by atoms with van der Waals surface area (Å²) in [7, 11) is 7.46. The van der Waals surface area contributed by atoms with Crippen molar-refractivity contribution in [1.82, 2.24) is 24.3 Å². The third-order valence-electron chi connectivity index (χ3n) is 6.45. The zero-order valence-electron chi connectivity index (χ0n) is 27.6. The van der Waals surface area contributed by atoms with Gasteiger partial charge in [0.15, 0.2) is 10.8 Å². The number of halogens is 4. The number of nitrogens with zero attached hydrogens (tertiary/aromatic N) is 8. The van der Waals surface area contributed by atoms with Gasteiger partial charge in [-0.15, -0.1) is 0 Å². The number of H-pyrrole nitrogens is 1. The standard InChI is InChI=1S/C16H13Cl2N5.C11H7Cl2N3.C6H12N2OS/c1-9-20-15-13(12-5-4-10(17)6-14(12)18)7-11(8-19)23(15)16(21-9)22(2)3;12-6-1-2-8(10(13)3-6)9-4-7(5-14)16-11(9)15;1-5(9)7-6(10-4)8(2)3/h4-7H,1-3H3;1-4,16H,15H2;1-4H3. The molecule has 0 aliphatic carbocycles. The van der Waals surface area contributed by atoms with Crippen molar-refractivity contribution < 1.29 is 4.79 Å². The second-order valence-corrected chi connectivity index (χ2v) is 13.0. The molecule has 0 saturated heterocycles. The van der Waals surface area contributed by atoms with Crippen LogP contribution in [0.1, 0.15) is 24.1 Å². The van der Waals surface area contributed by atoms with Crippen molar-refractivity contribution in [3.8, 4) is 34.4 Å². The first-order valence-corrected chi connectivity index (χ1v) is 16.9. The summed E-state index contributed by atoms with van der Waals surface area (Å²) in [5.41, 5.74) is 10.3. The van der Waals surface area contributed by atoms with Crippen LogP contribution in [0.4, 0.5) is 11.8 Å².